The van der Waals surface area contributed by atoms with Crippen molar-refractivity contribution in [1.29, 1.82) is 0 Å². The van der Waals surface area contributed by atoms with Gasteiger partial charge in [0, 0.05) is 11.8 Å². The molecule has 2 heterocycles. The average molecular weight is 707 g/mol. The van der Waals surface area contributed by atoms with Crippen molar-refractivity contribution < 1.29 is 28.5 Å². The smallest absolute Gasteiger partial charge is 0.327 e. The summed E-state index contributed by atoms with van der Waals surface area (Å²) in [5.41, 5.74) is 8.30. The molecule has 0 saturated heterocycles. The Balaban J connectivity index is 0.000000201. The second-order valence-electron chi connectivity index (χ2n) is 13.3. The summed E-state index contributed by atoms with van der Waals surface area (Å²) in [7, 11) is 0. The van der Waals surface area contributed by atoms with E-state index >= 15 is 0 Å². The Morgan fingerprint density at radius 3 is 1.56 bits per heavy atom. The van der Waals surface area contributed by atoms with E-state index in [4.69, 9.17) is 32.1 Å². The molecule has 0 spiro atoms. The first kappa shape index (κ1) is 37.6. The van der Waals surface area contributed by atoms with Crippen LogP contribution in [-0.2, 0) is 32.2 Å². The second kappa shape index (κ2) is 16.2. The summed E-state index contributed by atoms with van der Waals surface area (Å²) >= 11 is 0. The third-order valence-corrected chi connectivity index (χ3v) is 8.98. The number of esters is 2. The van der Waals surface area contributed by atoms with E-state index in [2.05, 4.69) is 19.9 Å². The van der Waals surface area contributed by atoms with Crippen molar-refractivity contribution in [2.24, 2.45) is 0 Å². The maximum absolute atomic E-state index is 11.9. The molecule has 0 amide bonds. The summed E-state index contributed by atoms with van der Waals surface area (Å²) < 4.78 is 25.8. The number of aromatic nitrogens is 4. The van der Waals surface area contributed by atoms with Crippen LogP contribution in [0.15, 0.2) is 24.3 Å². The van der Waals surface area contributed by atoms with Crippen LogP contribution < -0.4 is 9.47 Å². The molecule has 2 aromatic carbocycles. The highest BCUT2D eigenvalue weighted by atomic mass is 16.5. The number of nitrogens with zero attached hydrogens (tertiary/aromatic N) is 6. The molecular weight excluding hydrogens is 660 g/mol. The summed E-state index contributed by atoms with van der Waals surface area (Å²) in [6.45, 7) is 30.4. The van der Waals surface area contributed by atoms with Crippen LogP contribution in [0.2, 0.25) is 0 Å². The van der Waals surface area contributed by atoms with Gasteiger partial charge in [0.2, 0.25) is 0 Å². The third-order valence-electron chi connectivity index (χ3n) is 8.98. The van der Waals surface area contributed by atoms with E-state index < -0.39 is 0 Å². The molecule has 2 aliphatic carbocycles. The highest BCUT2D eigenvalue weighted by molar-refractivity contribution is 5.70. The molecular formula is C40H46N6O6. The maximum atomic E-state index is 11.9. The fraction of sp³-hybridized carbons (Fsp3) is 0.450. The normalized spacial score (nSPS) is 13.3. The zero-order valence-corrected chi connectivity index (χ0v) is 31.3. The largest absolute Gasteiger partial charge is 0.465 e. The molecule has 6 rings (SSSR count). The molecule has 0 bridgehead atoms. The Bertz CT molecular complexity index is 1960. The van der Waals surface area contributed by atoms with Crippen LogP contribution in [0.4, 0.5) is 11.4 Å². The molecule has 2 saturated carbocycles. The lowest BCUT2D eigenvalue weighted by atomic mass is 10.1. The molecule has 52 heavy (non-hydrogen) atoms. The maximum Gasteiger partial charge on any atom is 0.327 e. The summed E-state index contributed by atoms with van der Waals surface area (Å²) in [6.07, 6.45) is 4.31. The lowest BCUT2D eigenvalue weighted by Crippen LogP contribution is -2.16. The van der Waals surface area contributed by atoms with Crippen molar-refractivity contribution in [3.8, 4) is 23.0 Å². The van der Waals surface area contributed by atoms with Gasteiger partial charge in [-0.25, -0.2) is 9.69 Å². The van der Waals surface area contributed by atoms with Crippen LogP contribution >= 0.6 is 0 Å². The van der Waals surface area contributed by atoms with Crippen LogP contribution in [0, 0.1) is 54.7 Å². The number of aryl methyl sites for hydroxylation is 5. The van der Waals surface area contributed by atoms with Crippen LogP contribution in [-0.4, -0.2) is 44.7 Å². The number of carbonyl (C=O) groups excluding carboxylic acids is 2. The molecule has 0 aliphatic heterocycles. The van der Waals surface area contributed by atoms with Gasteiger partial charge in [-0.2, -0.15) is 10.2 Å². The van der Waals surface area contributed by atoms with Crippen LogP contribution in [0.1, 0.15) is 96.4 Å². The highest BCUT2D eigenvalue weighted by Crippen LogP contribution is 2.48. The fourth-order valence-electron chi connectivity index (χ4n) is 6.24. The van der Waals surface area contributed by atoms with Crippen molar-refractivity contribution in [3.63, 3.8) is 0 Å². The van der Waals surface area contributed by atoms with E-state index in [1.165, 1.54) is 0 Å². The molecule has 0 atom stereocenters. The zero-order chi connectivity index (χ0) is 37.7. The molecule has 12 heteroatoms. The van der Waals surface area contributed by atoms with Crippen molar-refractivity contribution in [3.05, 3.63) is 92.1 Å². The lowest BCUT2D eigenvalue weighted by Gasteiger charge is -2.12. The predicted molar refractivity (Wildman–Crippen MR) is 196 cm³/mol. The molecule has 0 N–H and O–H groups in total. The molecule has 12 nitrogen and oxygen atoms in total. The number of hydrogen-bond donors (Lipinski definition) is 0. The number of hydrogen-bond acceptors (Lipinski definition) is 8. The van der Waals surface area contributed by atoms with Crippen LogP contribution in [0.5, 0.6) is 23.0 Å². The average Bonchev–Trinajstić information content (AvgIpc) is 4.01. The van der Waals surface area contributed by atoms with Crippen molar-refractivity contribution in [2.75, 3.05) is 13.2 Å². The first-order chi connectivity index (χ1) is 24.9. The Morgan fingerprint density at radius 1 is 0.692 bits per heavy atom. The van der Waals surface area contributed by atoms with Gasteiger partial charge in [-0.1, -0.05) is 0 Å². The fourth-order valence-corrected chi connectivity index (χ4v) is 6.24. The molecule has 4 aromatic rings. The quantitative estimate of drug-likeness (QED) is 0.106. The van der Waals surface area contributed by atoms with E-state index in [9.17, 15) is 9.59 Å². The Labute approximate surface area is 305 Å². The standard InChI is InChI=1S/2C20H23N3O3/c1-6-25-17(24)11-23-14(4)20(19(22-23)15-7-8-15)26-16-9-12(2)18(21-5)13(3)10-16;1-6-25-17(24)11-23-19(15-7-8-15)20(14(4)22-23)26-16-9-12(2)18(21-5)13(3)10-16/h2*9-10,15H,6-8,11H2,1-4H3. The highest BCUT2D eigenvalue weighted by Gasteiger charge is 2.34. The van der Waals surface area contributed by atoms with E-state index in [1.54, 1.807) is 23.2 Å². The lowest BCUT2D eigenvalue weighted by molar-refractivity contribution is -0.145. The van der Waals surface area contributed by atoms with Gasteiger partial charge < -0.3 is 18.9 Å². The van der Waals surface area contributed by atoms with Crippen molar-refractivity contribution >= 4 is 23.3 Å². The Morgan fingerprint density at radius 2 is 1.13 bits per heavy atom. The number of ether oxygens (including phenoxy) is 4. The van der Waals surface area contributed by atoms with E-state index in [-0.39, 0.29) is 25.0 Å². The summed E-state index contributed by atoms with van der Waals surface area (Å²) in [6, 6.07) is 7.50. The predicted octanol–water partition coefficient (Wildman–Crippen LogP) is 9.18. The number of benzene rings is 2. The zero-order valence-electron chi connectivity index (χ0n) is 31.3. The summed E-state index contributed by atoms with van der Waals surface area (Å²) in [5.74, 6) is 2.96. The van der Waals surface area contributed by atoms with Gasteiger partial charge in [-0.3, -0.25) is 19.0 Å². The Kier molecular flexibility index (Phi) is 11.7. The van der Waals surface area contributed by atoms with E-state index in [0.29, 0.717) is 59.4 Å². The van der Waals surface area contributed by atoms with Gasteiger partial charge in [-0.05, 0) is 128 Å². The second-order valence-corrected chi connectivity index (χ2v) is 13.3. The molecule has 0 radical (unpaired) electrons. The van der Waals surface area contributed by atoms with Crippen molar-refractivity contribution in [2.45, 2.75) is 106 Å². The molecule has 0 unspecified atom stereocenters. The summed E-state index contributed by atoms with van der Waals surface area (Å²) in [5, 5.41) is 9.12. The molecule has 2 aromatic heterocycles. The topological polar surface area (TPSA) is 115 Å². The van der Waals surface area contributed by atoms with Gasteiger partial charge >= 0.3 is 11.9 Å². The SMILES string of the molecule is [C-]#[N+]c1c(C)cc(Oc2c(C)nn(CC(=O)OCC)c2C2CC2)cc1C.[C-]#[N+]c1c(C)cc(Oc2c(C3CC3)nn(CC(=O)OCC)c2C)cc1C. The van der Waals surface area contributed by atoms with Gasteiger partial charge in [0.15, 0.2) is 22.9 Å². The third kappa shape index (κ3) is 8.63. The van der Waals surface area contributed by atoms with Crippen molar-refractivity contribution in [1.82, 2.24) is 19.6 Å². The molecule has 2 fully saturated rings. The van der Waals surface area contributed by atoms with Gasteiger partial charge in [0.25, 0.3) is 0 Å². The monoisotopic (exact) mass is 706 g/mol. The molecule has 272 valence electrons. The first-order valence-electron chi connectivity index (χ1n) is 17.7. The Hall–Kier alpha value is -5.62. The van der Waals surface area contributed by atoms with E-state index in [0.717, 1.165) is 70.7 Å². The minimum Gasteiger partial charge on any atom is -0.465 e. The van der Waals surface area contributed by atoms with Gasteiger partial charge in [-0.15, -0.1) is 0 Å². The van der Waals surface area contributed by atoms with Gasteiger partial charge in [0.05, 0.1) is 37.7 Å². The van der Waals surface area contributed by atoms with E-state index in [1.807, 2.05) is 65.8 Å². The minimum atomic E-state index is -0.305. The van der Waals surface area contributed by atoms with Crippen LogP contribution in [0.25, 0.3) is 9.69 Å². The first-order valence-corrected chi connectivity index (χ1v) is 17.7. The number of carbonyl (C=O) groups is 2. The van der Waals surface area contributed by atoms with Crippen LogP contribution in [0.3, 0.4) is 0 Å². The van der Waals surface area contributed by atoms with Gasteiger partial charge in [0.1, 0.15) is 36.0 Å². The summed E-state index contributed by atoms with van der Waals surface area (Å²) in [4.78, 5) is 30.9. The number of rotatable bonds is 12. The minimum absolute atomic E-state index is 0.0808. The molecule has 2 aliphatic rings.